The number of aliphatic hydroxyl groups is 4. The topological polar surface area (TPSA) is 124 Å². The van der Waals surface area contributed by atoms with Crippen molar-refractivity contribution < 1.29 is 34.8 Å². The minimum atomic E-state index is -1.60. The zero-order chi connectivity index (χ0) is 13.7. The summed E-state index contributed by atoms with van der Waals surface area (Å²) < 4.78 is 4.43. The first-order valence-electron chi connectivity index (χ1n) is 5.00. The van der Waals surface area contributed by atoms with Gasteiger partial charge in [-0.25, -0.2) is 0 Å². The van der Waals surface area contributed by atoms with Crippen molar-refractivity contribution in [3.8, 4) is 0 Å². The molecule has 0 aliphatic carbocycles. The number of rotatable bonds is 6. The predicted octanol–water partition coefficient (Wildman–Crippen LogP) is -1.96. The van der Waals surface area contributed by atoms with Crippen LogP contribution in [0.25, 0.3) is 0 Å². The number of aliphatic hydroxyl groups excluding tert-OH is 4. The van der Waals surface area contributed by atoms with E-state index in [1.807, 2.05) is 0 Å². The molecule has 0 fully saturated rings. The fraction of sp³-hybridized carbons (Fsp3) is 0.800. The van der Waals surface area contributed by atoms with E-state index in [1.54, 1.807) is 0 Å². The highest BCUT2D eigenvalue weighted by atomic mass is 16.6. The van der Waals surface area contributed by atoms with Gasteiger partial charge in [-0.3, -0.25) is 9.59 Å². The van der Waals surface area contributed by atoms with Gasteiger partial charge in [-0.05, 0) is 13.8 Å². The Morgan fingerprint density at radius 1 is 0.824 bits per heavy atom. The minimum Gasteiger partial charge on any atom is -0.395 e. The zero-order valence-electron chi connectivity index (χ0n) is 9.84. The van der Waals surface area contributed by atoms with Crippen LogP contribution in [0.2, 0.25) is 0 Å². The van der Waals surface area contributed by atoms with Crippen LogP contribution >= 0.6 is 0 Å². The lowest BCUT2D eigenvalue weighted by molar-refractivity contribution is -0.178. The van der Waals surface area contributed by atoms with E-state index in [-0.39, 0.29) is 0 Å². The smallest absolute Gasteiger partial charge is 0.324 e. The van der Waals surface area contributed by atoms with Crippen molar-refractivity contribution in [2.45, 2.75) is 13.8 Å². The summed E-state index contributed by atoms with van der Waals surface area (Å²) in [4.78, 5) is 23.0. The molecule has 7 nitrogen and oxygen atoms in total. The van der Waals surface area contributed by atoms with Crippen LogP contribution in [0, 0.1) is 10.8 Å². The summed E-state index contributed by atoms with van der Waals surface area (Å²) in [5.41, 5.74) is -3.19. The quantitative estimate of drug-likeness (QED) is 0.318. The molecule has 0 spiro atoms. The number of carbonyl (C=O) groups is 2. The third-order valence-corrected chi connectivity index (χ3v) is 2.57. The third kappa shape index (κ3) is 3.47. The van der Waals surface area contributed by atoms with Crippen LogP contribution in [-0.2, 0) is 14.3 Å². The van der Waals surface area contributed by atoms with E-state index < -0.39 is 49.2 Å². The fourth-order valence-corrected chi connectivity index (χ4v) is 0.689. The molecule has 0 aliphatic heterocycles. The van der Waals surface area contributed by atoms with E-state index in [2.05, 4.69) is 4.74 Å². The highest BCUT2D eigenvalue weighted by Crippen LogP contribution is 2.21. The molecule has 0 heterocycles. The molecular formula is C10H18O7. The Morgan fingerprint density at radius 2 is 1.06 bits per heavy atom. The van der Waals surface area contributed by atoms with Gasteiger partial charge in [-0.15, -0.1) is 0 Å². The van der Waals surface area contributed by atoms with Gasteiger partial charge in [0.15, 0.2) is 0 Å². The van der Waals surface area contributed by atoms with Crippen LogP contribution in [0.5, 0.6) is 0 Å². The second-order valence-electron chi connectivity index (χ2n) is 4.43. The molecule has 0 aliphatic rings. The summed E-state index contributed by atoms with van der Waals surface area (Å²) in [5.74, 6) is -2.22. The highest BCUT2D eigenvalue weighted by molar-refractivity contribution is 5.91. The Bertz CT molecular complexity index is 250. The summed E-state index contributed by atoms with van der Waals surface area (Å²) in [6.07, 6.45) is 0. The number of hydrogen-bond donors (Lipinski definition) is 4. The molecule has 0 amide bonds. The van der Waals surface area contributed by atoms with Crippen LogP contribution in [-0.4, -0.2) is 58.8 Å². The summed E-state index contributed by atoms with van der Waals surface area (Å²) >= 11 is 0. The molecule has 0 saturated carbocycles. The van der Waals surface area contributed by atoms with E-state index in [0.29, 0.717) is 0 Å². The Kier molecular flexibility index (Phi) is 5.70. The Balaban J connectivity index is 4.76. The van der Waals surface area contributed by atoms with E-state index in [1.165, 1.54) is 13.8 Å². The van der Waals surface area contributed by atoms with Gasteiger partial charge < -0.3 is 25.2 Å². The molecule has 0 aromatic heterocycles. The molecule has 0 atom stereocenters. The Morgan fingerprint density at radius 3 is 1.24 bits per heavy atom. The maximum absolute atomic E-state index is 11.5. The first-order valence-corrected chi connectivity index (χ1v) is 5.00. The largest absolute Gasteiger partial charge is 0.395 e. The lowest BCUT2D eigenvalue weighted by atomic mass is 9.91. The lowest BCUT2D eigenvalue weighted by Gasteiger charge is -2.26. The third-order valence-electron chi connectivity index (χ3n) is 2.57. The summed E-state index contributed by atoms with van der Waals surface area (Å²) in [5, 5.41) is 35.7. The van der Waals surface area contributed by atoms with Crippen molar-refractivity contribution in [2.24, 2.45) is 10.8 Å². The van der Waals surface area contributed by atoms with Crippen LogP contribution in [0.15, 0.2) is 0 Å². The molecule has 100 valence electrons. The van der Waals surface area contributed by atoms with Crippen LogP contribution in [0.3, 0.4) is 0 Å². The summed E-state index contributed by atoms with van der Waals surface area (Å²) in [6.45, 7) is -0.319. The Hall–Kier alpha value is -1.02. The average Bonchev–Trinajstić information content (AvgIpc) is 2.36. The number of carbonyl (C=O) groups excluding carboxylic acids is 2. The van der Waals surface area contributed by atoms with Gasteiger partial charge >= 0.3 is 11.9 Å². The van der Waals surface area contributed by atoms with Crippen molar-refractivity contribution in [2.75, 3.05) is 26.4 Å². The molecule has 0 saturated heterocycles. The van der Waals surface area contributed by atoms with E-state index in [4.69, 9.17) is 20.4 Å². The minimum absolute atomic E-state index is 0.690. The van der Waals surface area contributed by atoms with Gasteiger partial charge in [0, 0.05) is 0 Å². The molecule has 0 bridgehead atoms. The molecule has 4 N–H and O–H groups in total. The van der Waals surface area contributed by atoms with Crippen molar-refractivity contribution in [1.29, 1.82) is 0 Å². The van der Waals surface area contributed by atoms with E-state index in [0.717, 1.165) is 0 Å². The summed E-state index contributed by atoms with van der Waals surface area (Å²) in [6, 6.07) is 0. The molecule has 17 heavy (non-hydrogen) atoms. The van der Waals surface area contributed by atoms with Crippen molar-refractivity contribution in [3.05, 3.63) is 0 Å². The van der Waals surface area contributed by atoms with Gasteiger partial charge in [0.05, 0.1) is 26.4 Å². The average molecular weight is 250 g/mol. The maximum atomic E-state index is 11.5. The molecule has 0 unspecified atom stereocenters. The predicted molar refractivity (Wildman–Crippen MR) is 55.7 cm³/mol. The van der Waals surface area contributed by atoms with Gasteiger partial charge in [0.1, 0.15) is 10.8 Å². The number of ether oxygens (including phenoxy) is 1. The maximum Gasteiger partial charge on any atom is 0.324 e. The Labute approximate surface area is 98.6 Å². The molecule has 0 radical (unpaired) electrons. The van der Waals surface area contributed by atoms with Gasteiger partial charge in [0.2, 0.25) is 0 Å². The van der Waals surface area contributed by atoms with Gasteiger partial charge in [-0.2, -0.15) is 0 Å². The molecule has 0 rings (SSSR count). The van der Waals surface area contributed by atoms with Crippen LogP contribution in [0.4, 0.5) is 0 Å². The van der Waals surface area contributed by atoms with Gasteiger partial charge in [-0.1, -0.05) is 0 Å². The first-order chi connectivity index (χ1) is 7.79. The zero-order valence-corrected chi connectivity index (χ0v) is 9.84. The SMILES string of the molecule is CC(CO)(CO)C(=O)OC(=O)C(C)(CO)CO. The van der Waals surface area contributed by atoms with E-state index in [9.17, 15) is 9.59 Å². The number of hydrogen-bond acceptors (Lipinski definition) is 7. The monoisotopic (exact) mass is 250 g/mol. The van der Waals surface area contributed by atoms with Gasteiger partial charge in [0.25, 0.3) is 0 Å². The van der Waals surface area contributed by atoms with Crippen LogP contribution in [0.1, 0.15) is 13.8 Å². The summed E-state index contributed by atoms with van der Waals surface area (Å²) in [7, 11) is 0. The first kappa shape index (κ1) is 16.0. The highest BCUT2D eigenvalue weighted by Gasteiger charge is 2.40. The normalized spacial score (nSPS) is 12.4. The van der Waals surface area contributed by atoms with Crippen molar-refractivity contribution >= 4 is 11.9 Å². The van der Waals surface area contributed by atoms with Crippen molar-refractivity contribution in [3.63, 3.8) is 0 Å². The standard InChI is InChI=1S/C10H18O7/c1-9(3-11,4-12)7(15)17-8(16)10(2,5-13)6-14/h11-14H,3-6H2,1-2H3. The fourth-order valence-electron chi connectivity index (χ4n) is 0.689. The second-order valence-corrected chi connectivity index (χ2v) is 4.43. The lowest BCUT2D eigenvalue weighted by Crippen LogP contribution is -2.43. The van der Waals surface area contributed by atoms with Crippen molar-refractivity contribution in [1.82, 2.24) is 0 Å². The molecule has 7 heteroatoms. The number of esters is 2. The molecule has 0 aromatic rings. The second kappa shape index (κ2) is 6.06. The van der Waals surface area contributed by atoms with Crippen LogP contribution < -0.4 is 0 Å². The molecule has 0 aromatic carbocycles. The van der Waals surface area contributed by atoms with E-state index >= 15 is 0 Å². The molecular weight excluding hydrogens is 232 g/mol.